The number of rotatable bonds is 5. The Morgan fingerprint density at radius 2 is 2.00 bits per heavy atom. The molecule has 6 nitrogen and oxygen atoms in total. The van der Waals surface area contributed by atoms with Crippen molar-refractivity contribution < 1.29 is 13.9 Å². The number of halogens is 2. The maximum Gasteiger partial charge on any atom is 0.231 e. The van der Waals surface area contributed by atoms with Crippen molar-refractivity contribution in [3.05, 3.63) is 59.5 Å². The zero-order chi connectivity index (χ0) is 18.6. The minimum absolute atomic E-state index is 0. The van der Waals surface area contributed by atoms with Crippen molar-refractivity contribution in [2.75, 3.05) is 20.4 Å². The van der Waals surface area contributed by atoms with Gasteiger partial charge in [-0.3, -0.25) is 4.99 Å². The normalized spacial score (nSPS) is 12.7. The molecule has 3 aromatic rings. The molecule has 148 valence electrons. The predicted molar refractivity (Wildman–Crippen MR) is 118 cm³/mol. The third-order valence-corrected chi connectivity index (χ3v) is 4.54. The maximum absolute atomic E-state index is 13.5. The Balaban J connectivity index is 0.00000225. The van der Waals surface area contributed by atoms with Crippen molar-refractivity contribution >= 4 is 40.8 Å². The lowest BCUT2D eigenvalue weighted by atomic mass is 10.1. The van der Waals surface area contributed by atoms with Crippen LogP contribution in [-0.4, -0.2) is 31.3 Å². The molecule has 2 heterocycles. The number of aromatic nitrogens is 1. The van der Waals surface area contributed by atoms with Crippen LogP contribution < -0.4 is 20.1 Å². The number of ether oxygens (including phenoxy) is 2. The molecule has 4 rings (SSSR count). The van der Waals surface area contributed by atoms with E-state index in [0.717, 1.165) is 39.9 Å². The average Bonchev–Trinajstić information content (AvgIpc) is 3.30. The third kappa shape index (κ3) is 4.49. The summed E-state index contributed by atoms with van der Waals surface area (Å²) in [7, 11) is 1.73. The minimum atomic E-state index is -0.225. The average molecular weight is 496 g/mol. The smallest absolute Gasteiger partial charge is 0.231 e. The van der Waals surface area contributed by atoms with Crippen molar-refractivity contribution in [3.63, 3.8) is 0 Å². The van der Waals surface area contributed by atoms with E-state index < -0.39 is 0 Å². The quantitative estimate of drug-likeness (QED) is 0.287. The standard InChI is InChI=1S/C20H21FN4O2.HI/c1-22-20(25-10-13-2-5-18-19(8-13)27-12-26-18)23-7-6-14-11-24-17-4-3-15(21)9-16(14)17;/h2-5,8-9,11,24H,6-7,10,12H2,1H3,(H2,22,23,25);1H. The SMILES string of the molecule is CN=C(NCCc1c[nH]c2ccc(F)cc12)NCc1ccc2c(c1)OCO2.I. The summed E-state index contributed by atoms with van der Waals surface area (Å²) in [6, 6.07) is 10.6. The van der Waals surface area contributed by atoms with Gasteiger partial charge in [-0.05, 0) is 47.9 Å². The van der Waals surface area contributed by atoms with Gasteiger partial charge in [0, 0.05) is 37.2 Å². The Hall–Kier alpha value is -2.49. The highest BCUT2D eigenvalue weighted by Gasteiger charge is 2.13. The molecule has 1 aliphatic rings. The van der Waals surface area contributed by atoms with Gasteiger partial charge >= 0.3 is 0 Å². The van der Waals surface area contributed by atoms with E-state index in [1.165, 1.54) is 6.07 Å². The molecule has 0 bridgehead atoms. The number of aromatic amines is 1. The Kier molecular flexibility index (Phi) is 6.61. The van der Waals surface area contributed by atoms with Crippen LogP contribution in [0.5, 0.6) is 11.5 Å². The zero-order valence-electron chi connectivity index (χ0n) is 15.4. The molecule has 0 aliphatic carbocycles. The molecule has 3 N–H and O–H groups in total. The Morgan fingerprint density at radius 1 is 1.14 bits per heavy atom. The molecule has 0 amide bonds. The molecule has 8 heteroatoms. The van der Waals surface area contributed by atoms with Crippen molar-refractivity contribution in [3.8, 4) is 11.5 Å². The third-order valence-electron chi connectivity index (χ3n) is 4.54. The topological polar surface area (TPSA) is 70.7 Å². The van der Waals surface area contributed by atoms with E-state index in [1.54, 1.807) is 19.2 Å². The van der Waals surface area contributed by atoms with Crippen LogP contribution in [0.3, 0.4) is 0 Å². The van der Waals surface area contributed by atoms with E-state index in [9.17, 15) is 4.39 Å². The molecule has 0 radical (unpaired) electrons. The highest BCUT2D eigenvalue weighted by Crippen LogP contribution is 2.32. The minimum Gasteiger partial charge on any atom is -0.454 e. The fraction of sp³-hybridized carbons (Fsp3) is 0.250. The summed E-state index contributed by atoms with van der Waals surface area (Å²) in [5.74, 6) is 2.02. The Labute approximate surface area is 179 Å². The van der Waals surface area contributed by atoms with Gasteiger partial charge in [-0.15, -0.1) is 24.0 Å². The second-order valence-corrected chi connectivity index (χ2v) is 6.29. The van der Waals surface area contributed by atoms with Gasteiger partial charge in [0.1, 0.15) is 5.82 Å². The molecule has 28 heavy (non-hydrogen) atoms. The van der Waals surface area contributed by atoms with E-state index in [2.05, 4.69) is 20.6 Å². The number of fused-ring (bicyclic) bond motifs is 2. The second-order valence-electron chi connectivity index (χ2n) is 6.29. The van der Waals surface area contributed by atoms with E-state index in [4.69, 9.17) is 9.47 Å². The number of hydrogen-bond donors (Lipinski definition) is 3. The number of nitrogens with one attached hydrogen (secondary N) is 3. The molecule has 0 saturated heterocycles. The molecule has 0 atom stereocenters. The number of hydrogen-bond acceptors (Lipinski definition) is 3. The summed E-state index contributed by atoms with van der Waals surface area (Å²) >= 11 is 0. The van der Waals surface area contributed by atoms with Crippen molar-refractivity contribution in [1.29, 1.82) is 0 Å². The van der Waals surface area contributed by atoms with E-state index in [-0.39, 0.29) is 36.6 Å². The monoisotopic (exact) mass is 496 g/mol. The zero-order valence-corrected chi connectivity index (χ0v) is 17.8. The largest absolute Gasteiger partial charge is 0.454 e. The van der Waals surface area contributed by atoms with Crippen LogP contribution in [-0.2, 0) is 13.0 Å². The number of aliphatic imine (C=N–C) groups is 1. The van der Waals surface area contributed by atoms with Crippen molar-refractivity contribution in [1.82, 2.24) is 15.6 Å². The highest BCUT2D eigenvalue weighted by molar-refractivity contribution is 14.0. The van der Waals surface area contributed by atoms with Gasteiger partial charge in [-0.2, -0.15) is 0 Å². The van der Waals surface area contributed by atoms with Crippen LogP contribution in [0, 0.1) is 5.82 Å². The highest BCUT2D eigenvalue weighted by atomic mass is 127. The number of nitrogens with zero attached hydrogens (tertiary/aromatic N) is 1. The molecule has 0 fully saturated rings. The van der Waals surface area contributed by atoms with Crippen LogP contribution in [0.4, 0.5) is 4.39 Å². The molecule has 2 aromatic carbocycles. The van der Waals surface area contributed by atoms with Gasteiger partial charge in [-0.1, -0.05) is 6.07 Å². The lowest BCUT2D eigenvalue weighted by Crippen LogP contribution is -2.37. The van der Waals surface area contributed by atoms with Gasteiger partial charge in [0.15, 0.2) is 17.5 Å². The first-order valence-corrected chi connectivity index (χ1v) is 8.81. The first kappa shape index (κ1) is 20.2. The van der Waals surface area contributed by atoms with Gasteiger partial charge in [-0.25, -0.2) is 4.39 Å². The molecule has 0 spiro atoms. The van der Waals surface area contributed by atoms with Crippen LogP contribution in [0.25, 0.3) is 10.9 Å². The molecule has 0 saturated carbocycles. The fourth-order valence-corrected chi connectivity index (χ4v) is 3.13. The molecule has 1 aromatic heterocycles. The van der Waals surface area contributed by atoms with E-state index in [1.807, 2.05) is 24.4 Å². The Bertz CT molecular complexity index is 989. The number of guanidine groups is 1. The summed E-state index contributed by atoms with van der Waals surface area (Å²) < 4.78 is 24.2. The first-order chi connectivity index (χ1) is 13.2. The number of benzene rings is 2. The summed E-state index contributed by atoms with van der Waals surface area (Å²) in [5, 5.41) is 7.48. The predicted octanol–water partition coefficient (Wildman–Crippen LogP) is 3.56. The van der Waals surface area contributed by atoms with Crippen LogP contribution >= 0.6 is 24.0 Å². The number of H-pyrrole nitrogens is 1. The van der Waals surface area contributed by atoms with E-state index in [0.29, 0.717) is 19.0 Å². The Morgan fingerprint density at radius 3 is 2.86 bits per heavy atom. The lowest BCUT2D eigenvalue weighted by Gasteiger charge is -2.12. The molecule has 1 aliphatic heterocycles. The summed E-state index contributed by atoms with van der Waals surface area (Å²) in [5.41, 5.74) is 3.09. The van der Waals surface area contributed by atoms with E-state index >= 15 is 0 Å². The summed E-state index contributed by atoms with van der Waals surface area (Å²) in [4.78, 5) is 7.41. The van der Waals surface area contributed by atoms with Gasteiger partial charge in [0.25, 0.3) is 0 Å². The lowest BCUT2D eigenvalue weighted by molar-refractivity contribution is 0.174. The first-order valence-electron chi connectivity index (χ1n) is 8.81. The molecule has 0 unspecified atom stereocenters. The van der Waals surface area contributed by atoms with Gasteiger partial charge < -0.3 is 25.1 Å². The van der Waals surface area contributed by atoms with Gasteiger partial charge in [0.2, 0.25) is 6.79 Å². The van der Waals surface area contributed by atoms with Crippen LogP contribution in [0.1, 0.15) is 11.1 Å². The molecular formula is C20H22FIN4O2. The fourth-order valence-electron chi connectivity index (χ4n) is 3.13. The van der Waals surface area contributed by atoms with Crippen LogP contribution in [0.2, 0.25) is 0 Å². The summed E-state index contributed by atoms with van der Waals surface area (Å²) in [6.45, 7) is 1.58. The second kappa shape index (κ2) is 9.13. The van der Waals surface area contributed by atoms with Crippen molar-refractivity contribution in [2.24, 2.45) is 4.99 Å². The van der Waals surface area contributed by atoms with Crippen molar-refractivity contribution in [2.45, 2.75) is 13.0 Å². The maximum atomic E-state index is 13.5. The summed E-state index contributed by atoms with van der Waals surface area (Å²) in [6.07, 6.45) is 2.68. The molecular weight excluding hydrogens is 474 g/mol. The van der Waals surface area contributed by atoms with Gasteiger partial charge in [0.05, 0.1) is 0 Å². The van der Waals surface area contributed by atoms with Crippen LogP contribution in [0.15, 0.2) is 47.6 Å².